The Labute approximate surface area is 175 Å². The fraction of sp³-hybridized carbons (Fsp3) is 0.524. The van der Waals surface area contributed by atoms with E-state index in [0.717, 1.165) is 48.4 Å². The minimum Gasteiger partial charge on any atom is -0.486 e. The molecule has 0 bridgehead atoms. The second-order valence-electron chi connectivity index (χ2n) is 7.79. The van der Waals surface area contributed by atoms with E-state index < -0.39 is 0 Å². The van der Waals surface area contributed by atoms with Crippen molar-refractivity contribution < 1.29 is 9.15 Å². The number of aryl methyl sites for hydroxylation is 1. The van der Waals surface area contributed by atoms with Gasteiger partial charge in [-0.1, -0.05) is 44.7 Å². The molecule has 0 aliphatic heterocycles. The van der Waals surface area contributed by atoms with Gasteiger partial charge in [-0.15, -0.1) is 20.4 Å². The molecular formula is C21H27N5O2S. The Morgan fingerprint density at radius 3 is 2.62 bits per heavy atom. The molecule has 0 unspecified atom stereocenters. The normalized spacial score (nSPS) is 13.9. The first-order valence-corrected chi connectivity index (χ1v) is 11.2. The van der Waals surface area contributed by atoms with Gasteiger partial charge >= 0.3 is 0 Å². The molecule has 0 spiro atoms. The van der Waals surface area contributed by atoms with Gasteiger partial charge in [0.05, 0.1) is 5.75 Å². The van der Waals surface area contributed by atoms with Gasteiger partial charge in [0.2, 0.25) is 11.8 Å². The highest BCUT2D eigenvalue weighted by molar-refractivity contribution is 7.98. The summed E-state index contributed by atoms with van der Waals surface area (Å²) in [6.07, 6.45) is 3.33. The van der Waals surface area contributed by atoms with Crippen molar-refractivity contribution in [1.82, 2.24) is 25.0 Å². The molecule has 2 aromatic heterocycles. The second-order valence-corrected chi connectivity index (χ2v) is 8.73. The van der Waals surface area contributed by atoms with E-state index in [-0.39, 0.29) is 0 Å². The maximum atomic E-state index is 5.95. The summed E-state index contributed by atoms with van der Waals surface area (Å²) >= 11 is 1.57. The average molecular weight is 414 g/mol. The van der Waals surface area contributed by atoms with Crippen LogP contribution in [0.4, 0.5) is 0 Å². The molecule has 0 atom stereocenters. The molecular weight excluding hydrogens is 386 g/mol. The number of hydrogen-bond acceptors (Lipinski definition) is 7. The molecule has 1 aliphatic carbocycles. The van der Waals surface area contributed by atoms with Crippen molar-refractivity contribution in [3.63, 3.8) is 0 Å². The van der Waals surface area contributed by atoms with Crippen LogP contribution in [0.5, 0.6) is 5.75 Å². The van der Waals surface area contributed by atoms with Crippen LogP contribution in [0.2, 0.25) is 0 Å². The topological polar surface area (TPSA) is 78.9 Å². The van der Waals surface area contributed by atoms with Gasteiger partial charge in [0, 0.05) is 12.5 Å². The van der Waals surface area contributed by atoms with Crippen LogP contribution >= 0.6 is 11.8 Å². The summed E-state index contributed by atoms with van der Waals surface area (Å²) in [5, 5.41) is 17.9. The van der Waals surface area contributed by atoms with E-state index in [4.69, 9.17) is 9.15 Å². The van der Waals surface area contributed by atoms with Crippen LogP contribution < -0.4 is 4.74 Å². The summed E-state index contributed by atoms with van der Waals surface area (Å²) in [6, 6.07) is 8.20. The van der Waals surface area contributed by atoms with E-state index in [1.165, 1.54) is 5.56 Å². The van der Waals surface area contributed by atoms with Gasteiger partial charge in [0.15, 0.2) is 11.0 Å². The third-order valence-corrected chi connectivity index (χ3v) is 5.73. The predicted molar refractivity (Wildman–Crippen MR) is 111 cm³/mol. The van der Waals surface area contributed by atoms with Crippen LogP contribution in [0.1, 0.15) is 62.7 Å². The van der Waals surface area contributed by atoms with Gasteiger partial charge in [-0.3, -0.25) is 0 Å². The average Bonchev–Trinajstić information content (AvgIpc) is 3.35. The molecule has 1 aromatic carbocycles. The molecule has 8 heteroatoms. The maximum Gasteiger partial charge on any atom is 0.226 e. The minimum atomic E-state index is 0.387. The Bertz CT molecular complexity index is 931. The first-order chi connectivity index (χ1) is 14.1. The van der Waals surface area contributed by atoms with E-state index in [1.54, 1.807) is 11.8 Å². The van der Waals surface area contributed by atoms with Crippen LogP contribution in [0.15, 0.2) is 33.8 Å². The highest BCUT2D eigenvalue weighted by atomic mass is 32.2. The summed E-state index contributed by atoms with van der Waals surface area (Å²) in [5.74, 6) is 4.62. The molecule has 1 aliphatic rings. The zero-order valence-corrected chi connectivity index (χ0v) is 18.0. The van der Waals surface area contributed by atoms with E-state index in [1.807, 2.05) is 12.1 Å². The highest BCUT2D eigenvalue weighted by Crippen LogP contribution is 2.39. The monoisotopic (exact) mass is 413 g/mol. The summed E-state index contributed by atoms with van der Waals surface area (Å²) in [4.78, 5) is 0. The zero-order chi connectivity index (χ0) is 20.2. The van der Waals surface area contributed by atoms with Crippen LogP contribution in [0.25, 0.3) is 0 Å². The Hall–Kier alpha value is -2.35. The van der Waals surface area contributed by atoms with E-state index in [9.17, 15) is 0 Å². The van der Waals surface area contributed by atoms with E-state index in [0.29, 0.717) is 30.1 Å². The molecule has 0 amide bonds. The standard InChI is InChI=1S/C21H27N5O2S/c1-4-15-5-9-17(10-6-15)27-12-18-22-25-21(26(18)11-14(2)3)29-13-19-23-24-20(28-19)16-7-8-16/h5-6,9-10,14,16H,4,7-8,11-13H2,1-3H3. The van der Waals surface area contributed by atoms with Crippen molar-refractivity contribution in [2.75, 3.05) is 0 Å². The van der Waals surface area contributed by atoms with Crippen LogP contribution in [-0.4, -0.2) is 25.0 Å². The lowest BCUT2D eigenvalue weighted by Gasteiger charge is -2.13. The second kappa shape index (κ2) is 8.98. The fourth-order valence-corrected chi connectivity index (χ4v) is 3.80. The third-order valence-electron chi connectivity index (χ3n) is 4.77. The summed E-state index contributed by atoms with van der Waals surface area (Å²) in [6.45, 7) is 7.73. The van der Waals surface area contributed by atoms with Gasteiger partial charge in [0.1, 0.15) is 12.4 Å². The third kappa shape index (κ3) is 5.18. The van der Waals surface area contributed by atoms with Gasteiger partial charge in [0.25, 0.3) is 0 Å². The maximum absolute atomic E-state index is 5.95. The quantitative estimate of drug-likeness (QED) is 0.448. The molecule has 7 nitrogen and oxygen atoms in total. The van der Waals surface area contributed by atoms with Crippen molar-refractivity contribution in [1.29, 1.82) is 0 Å². The highest BCUT2D eigenvalue weighted by Gasteiger charge is 2.29. The van der Waals surface area contributed by atoms with Crippen LogP contribution in [0.3, 0.4) is 0 Å². The van der Waals surface area contributed by atoms with Gasteiger partial charge in [-0.25, -0.2) is 0 Å². The molecule has 1 saturated carbocycles. The van der Waals surface area contributed by atoms with Crippen molar-refractivity contribution in [2.24, 2.45) is 5.92 Å². The van der Waals surface area contributed by atoms with Crippen LogP contribution in [-0.2, 0) is 25.3 Å². The lowest BCUT2D eigenvalue weighted by molar-refractivity contribution is 0.284. The van der Waals surface area contributed by atoms with Gasteiger partial charge in [-0.05, 0) is 42.9 Å². The summed E-state index contributed by atoms with van der Waals surface area (Å²) in [5.41, 5.74) is 1.30. The fourth-order valence-electron chi connectivity index (χ4n) is 3.00. The molecule has 1 fully saturated rings. The van der Waals surface area contributed by atoms with Gasteiger partial charge < -0.3 is 13.7 Å². The molecule has 29 heavy (non-hydrogen) atoms. The molecule has 0 N–H and O–H groups in total. The summed E-state index contributed by atoms with van der Waals surface area (Å²) in [7, 11) is 0. The molecule has 4 rings (SSSR count). The number of rotatable bonds is 10. The van der Waals surface area contributed by atoms with Crippen molar-refractivity contribution in [3.05, 3.63) is 47.4 Å². The number of thioether (sulfide) groups is 1. The van der Waals surface area contributed by atoms with Gasteiger partial charge in [-0.2, -0.15) is 0 Å². The first kappa shape index (κ1) is 19.9. The van der Waals surface area contributed by atoms with Crippen LogP contribution in [0, 0.1) is 5.92 Å². The van der Waals surface area contributed by atoms with Crippen molar-refractivity contribution in [2.45, 2.75) is 70.0 Å². The van der Waals surface area contributed by atoms with Crippen molar-refractivity contribution in [3.8, 4) is 5.75 Å². The predicted octanol–water partition coefficient (Wildman–Crippen LogP) is 4.63. The lowest BCUT2D eigenvalue weighted by atomic mass is 10.2. The molecule has 0 saturated heterocycles. The SMILES string of the molecule is CCc1ccc(OCc2nnc(SCc3nnc(C4CC4)o3)n2CC(C)C)cc1. The first-order valence-electron chi connectivity index (χ1n) is 10.2. The molecule has 3 aromatic rings. The Morgan fingerprint density at radius 2 is 1.93 bits per heavy atom. The molecule has 154 valence electrons. The number of hydrogen-bond donors (Lipinski definition) is 0. The smallest absolute Gasteiger partial charge is 0.226 e. The Morgan fingerprint density at radius 1 is 1.14 bits per heavy atom. The number of nitrogens with zero attached hydrogens (tertiary/aromatic N) is 5. The molecule has 2 heterocycles. The number of aromatic nitrogens is 5. The van der Waals surface area contributed by atoms with E-state index >= 15 is 0 Å². The largest absolute Gasteiger partial charge is 0.486 e. The Kier molecular flexibility index (Phi) is 6.18. The number of ether oxygens (including phenoxy) is 1. The summed E-state index contributed by atoms with van der Waals surface area (Å²) < 4.78 is 13.8. The minimum absolute atomic E-state index is 0.387. The van der Waals surface area contributed by atoms with E-state index in [2.05, 4.69) is 57.9 Å². The Balaban J connectivity index is 1.41. The lowest BCUT2D eigenvalue weighted by Crippen LogP contribution is -2.12. The zero-order valence-electron chi connectivity index (χ0n) is 17.2. The van der Waals surface area contributed by atoms with Crippen molar-refractivity contribution >= 4 is 11.8 Å². The molecule has 0 radical (unpaired) electrons. The number of benzene rings is 1.